The van der Waals surface area contributed by atoms with Gasteiger partial charge in [-0.05, 0) is 51.8 Å². The molecular weight excluding hydrogens is 519 g/mol. The van der Waals surface area contributed by atoms with E-state index in [-0.39, 0.29) is 40.7 Å². The zero-order chi connectivity index (χ0) is 29.2. The minimum absolute atomic E-state index is 0.000357. The molecule has 1 saturated heterocycles. The Morgan fingerprint density at radius 3 is 2.52 bits per heavy atom. The number of halogens is 1. The summed E-state index contributed by atoms with van der Waals surface area (Å²) in [7, 11) is 1.00. The number of carbonyl (C=O) groups is 2. The van der Waals surface area contributed by atoms with Gasteiger partial charge in [0.15, 0.2) is 5.82 Å². The number of aromatic nitrogens is 3. The molecule has 3 aromatic rings. The largest absolute Gasteiger partial charge is 0.443 e. The summed E-state index contributed by atoms with van der Waals surface area (Å²) in [6.07, 6.45) is 1.76. The molecule has 210 valence electrons. The molecule has 2 N–H and O–H groups in total. The predicted molar refractivity (Wildman–Crippen MR) is 143 cm³/mol. The summed E-state index contributed by atoms with van der Waals surface area (Å²) in [5.74, 6) is -0.582. The third-order valence-corrected chi connectivity index (χ3v) is 6.45. The minimum Gasteiger partial charge on any atom is -0.443 e. The highest BCUT2D eigenvalue weighted by atomic mass is 19.1. The van der Waals surface area contributed by atoms with Crippen LogP contribution in [0.1, 0.15) is 55.2 Å². The molecule has 1 aromatic carbocycles. The lowest BCUT2D eigenvalue weighted by molar-refractivity contribution is 0.0247. The van der Waals surface area contributed by atoms with E-state index in [0.29, 0.717) is 37.4 Å². The summed E-state index contributed by atoms with van der Waals surface area (Å²) in [4.78, 5) is 33.8. The van der Waals surface area contributed by atoms with Crippen LogP contribution in [0.5, 0.6) is 0 Å². The van der Waals surface area contributed by atoms with Crippen molar-refractivity contribution in [2.75, 3.05) is 25.1 Å². The summed E-state index contributed by atoms with van der Waals surface area (Å²) < 4.78 is 21.9. The van der Waals surface area contributed by atoms with Crippen LogP contribution in [0.25, 0.3) is 16.9 Å². The average molecular weight is 551 g/mol. The highest BCUT2D eigenvalue weighted by Crippen LogP contribution is 2.34. The van der Waals surface area contributed by atoms with Crippen LogP contribution in [0.15, 0.2) is 36.5 Å². The van der Waals surface area contributed by atoms with Crippen LogP contribution in [0.2, 0.25) is 0 Å². The van der Waals surface area contributed by atoms with Gasteiger partial charge in [-0.25, -0.2) is 23.8 Å². The van der Waals surface area contributed by atoms with E-state index in [1.165, 1.54) is 28.9 Å². The number of carbonyl (C=O) groups excluding carboxylic acids is 2. The normalized spacial score (nSPS) is 15.3. The van der Waals surface area contributed by atoms with Gasteiger partial charge in [-0.3, -0.25) is 4.79 Å². The second-order valence-corrected chi connectivity index (χ2v) is 10.3. The first-order chi connectivity index (χ1) is 19.1. The summed E-state index contributed by atoms with van der Waals surface area (Å²) in [5, 5.41) is 31.1. The zero-order valence-electron chi connectivity index (χ0n) is 22.8. The van der Waals surface area contributed by atoms with Crippen molar-refractivity contribution in [3.05, 3.63) is 59.2 Å². The maximum Gasteiger partial charge on any atom is 0.417 e. The molecule has 40 heavy (non-hydrogen) atoms. The van der Waals surface area contributed by atoms with Crippen LogP contribution >= 0.6 is 0 Å². The van der Waals surface area contributed by atoms with Crippen molar-refractivity contribution in [3.8, 4) is 23.0 Å². The molecule has 0 spiro atoms. The number of imide groups is 1. The Morgan fingerprint density at radius 1 is 1.18 bits per heavy atom. The fourth-order valence-electron chi connectivity index (χ4n) is 4.65. The van der Waals surface area contributed by atoms with Crippen molar-refractivity contribution in [1.29, 1.82) is 5.26 Å². The highest BCUT2D eigenvalue weighted by molar-refractivity contribution is 6.08. The smallest absolute Gasteiger partial charge is 0.417 e. The van der Waals surface area contributed by atoms with Crippen LogP contribution < -0.4 is 4.90 Å². The topological polar surface area (TPSA) is 145 Å². The number of hydrogen-bond donors (Lipinski definition) is 2. The van der Waals surface area contributed by atoms with Gasteiger partial charge in [0.2, 0.25) is 0 Å². The van der Waals surface area contributed by atoms with Crippen LogP contribution in [0.4, 0.5) is 15.0 Å². The maximum absolute atomic E-state index is 15.0. The Kier molecular flexibility index (Phi) is 8.18. The maximum atomic E-state index is 15.0. The lowest BCUT2D eigenvalue weighted by Crippen LogP contribution is -2.37. The molecule has 1 fully saturated rings. The van der Waals surface area contributed by atoms with Gasteiger partial charge in [0.25, 0.3) is 5.91 Å². The van der Waals surface area contributed by atoms with Crippen LogP contribution in [0.3, 0.4) is 0 Å². The second-order valence-electron chi connectivity index (χ2n) is 10.3. The molecule has 0 unspecified atom stereocenters. The number of rotatable bonds is 3. The van der Waals surface area contributed by atoms with E-state index in [1.54, 1.807) is 33.0 Å². The Labute approximate surface area is 231 Å². The van der Waals surface area contributed by atoms with Gasteiger partial charge >= 0.3 is 6.09 Å². The lowest BCUT2D eigenvalue weighted by Gasteiger charge is -2.29. The van der Waals surface area contributed by atoms with Crippen molar-refractivity contribution < 1.29 is 28.9 Å². The summed E-state index contributed by atoms with van der Waals surface area (Å²) >= 11 is 0. The number of nitrogens with zero attached hydrogens (tertiary/aromatic N) is 6. The Bertz CT molecular complexity index is 1470. The fourth-order valence-corrected chi connectivity index (χ4v) is 4.65. The number of hydrogen-bond acceptors (Lipinski definition) is 9. The minimum atomic E-state index is -0.818. The van der Waals surface area contributed by atoms with Crippen LogP contribution in [-0.2, 0) is 11.3 Å². The summed E-state index contributed by atoms with van der Waals surface area (Å²) in [6, 6.07) is 9.45. The molecule has 0 aliphatic carbocycles. The van der Waals surface area contributed by atoms with Gasteiger partial charge in [0.1, 0.15) is 11.4 Å². The first-order valence-corrected chi connectivity index (χ1v) is 12.8. The monoisotopic (exact) mass is 550 g/mol. The van der Waals surface area contributed by atoms with E-state index in [4.69, 9.17) is 9.84 Å². The number of piperidine rings is 1. The van der Waals surface area contributed by atoms with Crippen molar-refractivity contribution >= 4 is 17.8 Å². The van der Waals surface area contributed by atoms with E-state index in [2.05, 4.69) is 10.1 Å². The second kappa shape index (κ2) is 11.4. The number of aliphatic hydroxyl groups excluding tert-OH is 2. The first kappa shape index (κ1) is 28.7. The van der Waals surface area contributed by atoms with Crippen molar-refractivity contribution in [2.45, 2.75) is 51.9 Å². The number of ether oxygens (including phenoxy) is 1. The van der Waals surface area contributed by atoms with Crippen LogP contribution in [-0.4, -0.2) is 73.8 Å². The van der Waals surface area contributed by atoms with Crippen LogP contribution in [0, 0.1) is 17.1 Å². The Hall–Kier alpha value is -4.34. The number of benzene rings is 1. The van der Waals surface area contributed by atoms with E-state index in [1.807, 2.05) is 11.0 Å². The predicted octanol–water partition coefficient (Wildman–Crippen LogP) is 3.41. The standard InChI is InChI=1S/C27H27FN6O4.CH4O/c1-27(2,3)38-26(37)33-15-20-24(25(33)36)21(13-19(30-20)23-16(14-29)5-4-6-18(23)28)34-12-9-22(31-34)32-10-7-17(35)8-11-32;1-2/h4-6,9,12-13,17,35H,7-8,10-11,15H2,1-3H3;2H,1H3. The van der Waals surface area contributed by atoms with E-state index in [0.717, 1.165) is 12.0 Å². The number of anilines is 1. The molecule has 2 aromatic heterocycles. The number of pyridine rings is 1. The molecule has 4 heterocycles. The first-order valence-electron chi connectivity index (χ1n) is 12.8. The molecule has 5 rings (SSSR count). The molecule has 0 saturated carbocycles. The number of nitriles is 1. The van der Waals surface area contributed by atoms with Gasteiger partial charge in [-0.15, -0.1) is 0 Å². The average Bonchev–Trinajstić information content (AvgIpc) is 3.54. The number of fused-ring (bicyclic) bond motifs is 1. The highest BCUT2D eigenvalue weighted by Gasteiger charge is 2.39. The van der Waals surface area contributed by atoms with Crippen molar-refractivity contribution in [2.24, 2.45) is 0 Å². The molecule has 2 aliphatic rings. The molecule has 0 bridgehead atoms. The zero-order valence-corrected chi connectivity index (χ0v) is 22.8. The van der Waals surface area contributed by atoms with E-state index >= 15 is 0 Å². The van der Waals surface area contributed by atoms with Gasteiger partial charge in [-0.1, -0.05) is 6.07 Å². The van der Waals surface area contributed by atoms with Gasteiger partial charge in [0.05, 0.1) is 52.5 Å². The van der Waals surface area contributed by atoms with E-state index < -0.39 is 23.4 Å². The third kappa shape index (κ3) is 5.66. The third-order valence-electron chi connectivity index (χ3n) is 6.45. The molecule has 2 amide bonds. The summed E-state index contributed by atoms with van der Waals surface area (Å²) in [5.41, 5.74) is 0.115. The van der Waals surface area contributed by atoms with Crippen molar-refractivity contribution in [1.82, 2.24) is 19.7 Å². The SMILES string of the molecule is CC(C)(C)OC(=O)N1Cc2nc(-c3c(F)cccc3C#N)cc(-n3ccc(N4CCC(O)CC4)n3)c2C1=O.CO. The molecular formula is C28H31FN6O5. The van der Waals surface area contributed by atoms with Crippen molar-refractivity contribution in [3.63, 3.8) is 0 Å². The Morgan fingerprint density at radius 2 is 1.88 bits per heavy atom. The summed E-state index contributed by atoms with van der Waals surface area (Å²) in [6.45, 7) is 6.19. The molecule has 12 heteroatoms. The van der Waals surface area contributed by atoms with Gasteiger partial charge < -0.3 is 19.8 Å². The molecule has 0 atom stereocenters. The molecule has 11 nitrogen and oxygen atoms in total. The number of amides is 2. The molecule has 2 aliphatic heterocycles. The van der Waals surface area contributed by atoms with E-state index in [9.17, 15) is 24.3 Å². The van der Waals surface area contributed by atoms with Gasteiger partial charge in [-0.2, -0.15) is 10.4 Å². The molecule has 0 radical (unpaired) electrons. The fraction of sp³-hybridized carbons (Fsp3) is 0.393. The lowest BCUT2D eigenvalue weighted by atomic mass is 10.0. The quantitative estimate of drug-likeness (QED) is 0.501. The number of aliphatic hydroxyl groups is 2. The Balaban J connectivity index is 0.00000181. The van der Waals surface area contributed by atoms with Gasteiger partial charge in [0, 0.05) is 32.5 Å².